The highest BCUT2D eigenvalue weighted by molar-refractivity contribution is 6.22. The van der Waals surface area contributed by atoms with Crippen molar-refractivity contribution in [3.63, 3.8) is 0 Å². The second-order valence-electron chi connectivity index (χ2n) is 9.29. The standard InChI is InChI=1S/C29H28F3N3O3/c1-17-19-7-2-3-8-20(19)27-23(33)9-6-11-25(27)35(28(17)37)29(38)24(10-4-5-14-30)34-26(36)16-18-12-13-21(31)22(32)15-18/h2-3,6-9,11-13,15,17,24H,4-5,10,14,16,33H2,1H3,(H,34,36)/t17?,24-/m0/s1. The van der Waals surface area contributed by atoms with Crippen molar-refractivity contribution in [1.82, 2.24) is 5.32 Å². The summed E-state index contributed by atoms with van der Waals surface area (Å²) in [6.07, 6.45) is 0.209. The van der Waals surface area contributed by atoms with Crippen molar-refractivity contribution in [2.24, 2.45) is 0 Å². The van der Waals surface area contributed by atoms with E-state index < -0.39 is 48.0 Å². The van der Waals surface area contributed by atoms with Crippen molar-refractivity contribution < 1.29 is 27.6 Å². The van der Waals surface area contributed by atoms with E-state index in [-0.39, 0.29) is 31.2 Å². The monoisotopic (exact) mass is 523 g/mol. The minimum atomic E-state index is -1.16. The van der Waals surface area contributed by atoms with Crippen LogP contribution in [0.1, 0.15) is 43.2 Å². The second kappa shape index (κ2) is 11.5. The van der Waals surface area contributed by atoms with Gasteiger partial charge in [-0.1, -0.05) is 36.4 Å². The maximum Gasteiger partial charge on any atom is 0.256 e. The molecular weight excluding hydrogens is 495 g/mol. The van der Waals surface area contributed by atoms with Gasteiger partial charge in [-0.15, -0.1) is 0 Å². The van der Waals surface area contributed by atoms with Gasteiger partial charge < -0.3 is 11.1 Å². The molecule has 4 rings (SSSR count). The lowest BCUT2D eigenvalue weighted by Crippen LogP contribution is -2.52. The van der Waals surface area contributed by atoms with Gasteiger partial charge in [-0.3, -0.25) is 18.8 Å². The number of alkyl halides is 1. The number of carbonyl (C=O) groups is 3. The first-order valence-corrected chi connectivity index (χ1v) is 12.4. The number of imide groups is 1. The number of fused-ring (bicyclic) bond motifs is 3. The Bertz CT molecular complexity index is 1380. The zero-order valence-corrected chi connectivity index (χ0v) is 20.8. The molecule has 0 spiro atoms. The van der Waals surface area contributed by atoms with Gasteiger partial charge in [0, 0.05) is 11.3 Å². The van der Waals surface area contributed by atoms with Crippen LogP contribution < -0.4 is 16.0 Å². The maximum atomic E-state index is 14.0. The van der Waals surface area contributed by atoms with Gasteiger partial charge in [0.1, 0.15) is 6.04 Å². The van der Waals surface area contributed by atoms with E-state index in [0.717, 1.165) is 22.6 Å². The molecule has 3 aromatic rings. The van der Waals surface area contributed by atoms with E-state index in [9.17, 15) is 27.6 Å². The largest absolute Gasteiger partial charge is 0.398 e. The average Bonchev–Trinajstić information content (AvgIpc) is 2.99. The predicted molar refractivity (Wildman–Crippen MR) is 139 cm³/mol. The molecule has 1 unspecified atom stereocenters. The van der Waals surface area contributed by atoms with Crippen LogP contribution in [-0.2, 0) is 20.8 Å². The quantitative estimate of drug-likeness (QED) is 0.319. The summed E-state index contributed by atoms with van der Waals surface area (Å²) < 4.78 is 39.8. The molecule has 3 aromatic carbocycles. The van der Waals surface area contributed by atoms with Crippen LogP contribution >= 0.6 is 0 Å². The first-order valence-electron chi connectivity index (χ1n) is 12.4. The Morgan fingerprint density at radius 3 is 2.53 bits per heavy atom. The number of rotatable bonds is 8. The molecule has 1 aliphatic rings. The number of amides is 3. The third-order valence-corrected chi connectivity index (χ3v) is 6.68. The molecule has 0 saturated heterocycles. The summed E-state index contributed by atoms with van der Waals surface area (Å²) in [5, 5.41) is 2.63. The van der Waals surface area contributed by atoms with Gasteiger partial charge in [0.2, 0.25) is 11.8 Å². The molecule has 0 aromatic heterocycles. The Morgan fingerprint density at radius 1 is 1.03 bits per heavy atom. The number of nitrogens with one attached hydrogen (secondary N) is 1. The fourth-order valence-corrected chi connectivity index (χ4v) is 4.75. The van der Waals surface area contributed by atoms with Gasteiger partial charge in [-0.05, 0) is 67.1 Å². The number of benzene rings is 3. The SMILES string of the molecule is CC1C(=O)N(C(=O)[C@H](CCCCF)NC(=O)Cc2ccc(F)c(F)c2)c2cccc(N)c2-c2ccccc21. The van der Waals surface area contributed by atoms with Gasteiger partial charge in [-0.25, -0.2) is 13.7 Å². The van der Waals surface area contributed by atoms with Crippen molar-refractivity contribution in [2.75, 3.05) is 17.3 Å². The van der Waals surface area contributed by atoms with E-state index in [1.54, 1.807) is 31.2 Å². The Kier molecular flexibility index (Phi) is 8.14. The number of nitrogen functional groups attached to an aromatic ring is 1. The minimum absolute atomic E-state index is 0.0784. The van der Waals surface area contributed by atoms with Crippen LogP contribution in [0.5, 0.6) is 0 Å². The number of nitrogens with zero attached hydrogens (tertiary/aromatic N) is 1. The third kappa shape index (κ3) is 5.41. The number of nitrogens with two attached hydrogens (primary N) is 1. The molecule has 1 aliphatic heterocycles. The van der Waals surface area contributed by atoms with Crippen LogP contribution in [0, 0.1) is 11.6 Å². The van der Waals surface area contributed by atoms with Crippen molar-refractivity contribution >= 4 is 29.1 Å². The number of halogens is 3. The van der Waals surface area contributed by atoms with Gasteiger partial charge in [0.25, 0.3) is 5.91 Å². The van der Waals surface area contributed by atoms with Crippen LogP contribution in [0.25, 0.3) is 11.1 Å². The highest BCUT2D eigenvalue weighted by atomic mass is 19.2. The molecule has 198 valence electrons. The molecule has 1 heterocycles. The molecule has 3 amide bonds. The van der Waals surface area contributed by atoms with E-state index in [0.29, 0.717) is 22.5 Å². The van der Waals surface area contributed by atoms with Crippen LogP contribution in [0.2, 0.25) is 0 Å². The van der Waals surface area contributed by atoms with Crippen LogP contribution in [0.4, 0.5) is 24.5 Å². The molecule has 9 heteroatoms. The highest BCUT2D eigenvalue weighted by Gasteiger charge is 2.38. The van der Waals surface area contributed by atoms with E-state index >= 15 is 0 Å². The first-order chi connectivity index (χ1) is 18.2. The van der Waals surface area contributed by atoms with Crippen LogP contribution in [0.3, 0.4) is 0 Å². The van der Waals surface area contributed by atoms with Crippen molar-refractivity contribution in [3.8, 4) is 11.1 Å². The molecule has 0 bridgehead atoms. The molecule has 3 N–H and O–H groups in total. The fraction of sp³-hybridized carbons (Fsp3) is 0.276. The molecule has 0 aliphatic carbocycles. The summed E-state index contributed by atoms with van der Waals surface area (Å²) in [5.41, 5.74) is 9.18. The lowest BCUT2D eigenvalue weighted by molar-refractivity contribution is -0.131. The lowest BCUT2D eigenvalue weighted by Gasteiger charge is -2.28. The number of carbonyl (C=O) groups excluding carboxylic acids is 3. The summed E-state index contributed by atoms with van der Waals surface area (Å²) in [6.45, 7) is 1.10. The normalized spacial score (nSPS) is 15.3. The van der Waals surface area contributed by atoms with E-state index in [1.807, 2.05) is 18.2 Å². The van der Waals surface area contributed by atoms with E-state index in [2.05, 4.69) is 5.32 Å². The van der Waals surface area contributed by atoms with Crippen molar-refractivity contribution in [2.45, 2.75) is 44.6 Å². The van der Waals surface area contributed by atoms with E-state index in [1.165, 1.54) is 6.07 Å². The summed E-state index contributed by atoms with van der Waals surface area (Å²) in [6, 6.07) is 14.1. The summed E-state index contributed by atoms with van der Waals surface area (Å²) in [4.78, 5) is 41.6. The Labute approximate surface area is 218 Å². The molecular formula is C29H28F3N3O3. The van der Waals surface area contributed by atoms with Gasteiger partial charge >= 0.3 is 0 Å². The van der Waals surface area contributed by atoms with Crippen LogP contribution in [-0.4, -0.2) is 30.4 Å². The molecule has 6 nitrogen and oxygen atoms in total. The van der Waals surface area contributed by atoms with Gasteiger partial charge in [0.15, 0.2) is 11.6 Å². The number of hydrogen-bond acceptors (Lipinski definition) is 4. The summed E-state index contributed by atoms with van der Waals surface area (Å²) in [7, 11) is 0. The van der Waals surface area contributed by atoms with E-state index in [4.69, 9.17) is 5.73 Å². The Balaban J connectivity index is 1.69. The zero-order valence-electron chi connectivity index (χ0n) is 20.8. The zero-order chi connectivity index (χ0) is 27.4. The van der Waals surface area contributed by atoms with Crippen LogP contribution in [0.15, 0.2) is 60.7 Å². The number of hydrogen-bond donors (Lipinski definition) is 2. The predicted octanol–water partition coefficient (Wildman–Crippen LogP) is 5.06. The maximum absolute atomic E-state index is 14.0. The Morgan fingerprint density at radius 2 is 1.79 bits per heavy atom. The average molecular weight is 524 g/mol. The smallest absolute Gasteiger partial charge is 0.256 e. The van der Waals surface area contributed by atoms with Gasteiger partial charge in [-0.2, -0.15) is 0 Å². The minimum Gasteiger partial charge on any atom is -0.398 e. The molecule has 38 heavy (non-hydrogen) atoms. The third-order valence-electron chi connectivity index (χ3n) is 6.68. The first kappa shape index (κ1) is 26.9. The molecule has 0 fully saturated rings. The molecule has 2 atom stereocenters. The Hall–Kier alpha value is -4.14. The topological polar surface area (TPSA) is 92.5 Å². The highest BCUT2D eigenvalue weighted by Crippen LogP contribution is 2.44. The number of anilines is 2. The second-order valence-corrected chi connectivity index (χ2v) is 9.29. The van der Waals surface area contributed by atoms with Gasteiger partial charge in [0.05, 0.1) is 24.7 Å². The summed E-state index contributed by atoms with van der Waals surface area (Å²) in [5.74, 6) is -4.62. The van der Waals surface area contributed by atoms with Crippen molar-refractivity contribution in [1.29, 1.82) is 0 Å². The fourth-order valence-electron chi connectivity index (χ4n) is 4.75. The number of unbranched alkanes of at least 4 members (excludes halogenated alkanes) is 1. The summed E-state index contributed by atoms with van der Waals surface area (Å²) >= 11 is 0. The van der Waals surface area contributed by atoms with Crippen molar-refractivity contribution in [3.05, 3.63) is 83.4 Å². The molecule has 0 radical (unpaired) electrons. The lowest BCUT2D eigenvalue weighted by atomic mass is 9.92. The molecule has 0 saturated carbocycles.